The highest BCUT2D eigenvalue weighted by atomic mass is 16.2. The molecule has 1 saturated heterocycles. The number of piperazine rings is 1. The first kappa shape index (κ1) is 25.8. The number of rotatable bonds is 7. The van der Waals surface area contributed by atoms with Gasteiger partial charge in [-0.25, -0.2) is 4.79 Å². The number of hydrogen-bond acceptors (Lipinski definition) is 4. The Morgan fingerprint density at radius 1 is 0.789 bits per heavy atom. The van der Waals surface area contributed by atoms with Crippen LogP contribution in [0.1, 0.15) is 59.6 Å². The lowest BCUT2D eigenvalue weighted by Gasteiger charge is -2.41. The molecular weight excluding hydrogens is 474 g/mol. The number of nitrogens with zero attached hydrogens (tertiary/aromatic N) is 2. The number of hydrogen-bond donors (Lipinski definition) is 3. The van der Waals surface area contributed by atoms with Crippen LogP contribution in [0, 0.1) is 0 Å². The molecule has 38 heavy (non-hydrogen) atoms. The zero-order chi connectivity index (χ0) is 26.3. The zero-order valence-electron chi connectivity index (χ0n) is 21.8. The number of nitrogens with two attached hydrogens (primary N) is 1. The normalized spacial score (nSPS) is 16.8. The predicted octanol–water partition coefficient (Wildman–Crippen LogP) is 5.15. The van der Waals surface area contributed by atoms with E-state index in [1.807, 2.05) is 6.07 Å². The number of benzene rings is 3. The van der Waals surface area contributed by atoms with Crippen molar-refractivity contribution in [2.75, 3.05) is 36.4 Å². The molecule has 1 heterocycles. The summed E-state index contributed by atoms with van der Waals surface area (Å²) in [7, 11) is 0. The van der Waals surface area contributed by atoms with Gasteiger partial charge in [-0.3, -0.25) is 9.69 Å². The molecule has 2 fully saturated rings. The molecule has 1 aliphatic carbocycles. The summed E-state index contributed by atoms with van der Waals surface area (Å²) >= 11 is 0. The molecular formula is C31H37N5O2. The molecule has 0 atom stereocenters. The van der Waals surface area contributed by atoms with Crippen LogP contribution >= 0.6 is 0 Å². The van der Waals surface area contributed by atoms with Crippen molar-refractivity contribution < 1.29 is 9.59 Å². The summed E-state index contributed by atoms with van der Waals surface area (Å²) in [5.74, 6) is -0.509. The van der Waals surface area contributed by atoms with Crippen LogP contribution in [0.5, 0.6) is 0 Å². The summed E-state index contributed by atoms with van der Waals surface area (Å²) in [6.07, 6.45) is 5.53. The van der Waals surface area contributed by atoms with Crippen LogP contribution in [0.15, 0.2) is 78.9 Å². The Balaban J connectivity index is 1.32. The molecule has 0 radical (unpaired) electrons. The van der Waals surface area contributed by atoms with Crippen LogP contribution in [0.25, 0.3) is 0 Å². The summed E-state index contributed by atoms with van der Waals surface area (Å²) in [4.78, 5) is 29.6. The molecule has 0 aromatic heterocycles. The van der Waals surface area contributed by atoms with Crippen molar-refractivity contribution in [3.63, 3.8) is 0 Å². The van der Waals surface area contributed by atoms with Gasteiger partial charge in [0.25, 0.3) is 0 Å². The molecule has 7 nitrogen and oxygen atoms in total. The lowest BCUT2D eigenvalue weighted by Crippen LogP contribution is -2.48. The van der Waals surface area contributed by atoms with Gasteiger partial charge in [-0.15, -0.1) is 0 Å². The molecule has 2 aliphatic rings. The van der Waals surface area contributed by atoms with Crippen molar-refractivity contribution in [1.82, 2.24) is 10.2 Å². The third-order valence-corrected chi connectivity index (χ3v) is 7.72. The van der Waals surface area contributed by atoms with Crippen LogP contribution in [-0.2, 0) is 0 Å². The Labute approximate surface area is 225 Å². The fourth-order valence-corrected chi connectivity index (χ4v) is 5.76. The zero-order valence-corrected chi connectivity index (χ0v) is 21.8. The number of carbonyl (C=O) groups excluding carboxylic acids is 2. The Kier molecular flexibility index (Phi) is 8.24. The minimum absolute atomic E-state index is 0.177. The molecule has 7 heteroatoms. The van der Waals surface area contributed by atoms with Gasteiger partial charge in [-0.2, -0.15) is 0 Å². The van der Waals surface area contributed by atoms with Gasteiger partial charge in [0.15, 0.2) is 0 Å². The van der Waals surface area contributed by atoms with Gasteiger partial charge in [0.1, 0.15) is 0 Å². The van der Waals surface area contributed by atoms with Crippen LogP contribution in [0.3, 0.4) is 0 Å². The van der Waals surface area contributed by atoms with E-state index < -0.39 is 5.91 Å². The summed E-state index contributed by atoms with van der Waals surface area (Å²) in [5, 5.41) is 6.13. The van der Waals surface area contributed by atoms with Gasteiger partial charge in [0, 0.05) is 37.8 Å². The highest BCUT2D eigenvalue weighted by Crippen LogP contribution is 2.33. The van der Waals surface area contributed by atoms with Crippen LogP contribution in [-0.4, -0.2) is 49.1 Å². The van der Waals surface area contributed by atoms with E-state index in [-0.39, 0.29) is 18.1 Å². The van der Waals surface area contributed by atoms with Crippen LogP contribution in [0.2, 0.25) is 0 Å². The molecule has 198 valence electrons. The van der Waals surface area contributed by atoms with Crippen molar-refractivity contribution in [2.24, 2.45) is 5.73 Å². The fraction of sp³-hybridized carbons (Fsp3) is 0.355. The molecule has 3 aromatic rings. The van der Waals surface area contributed by atoms with Crippen molar-refractivity contribution >= 4 is 23.3 Å². The van der Waals surface area contributed by atoms with Gasteiger partial charge in [0.05, 0.1) is 17.4 Å². The number of carbonyl (C=O) groups is 2. The molecule has 3 amide bonds. The number of nitrogens with one attached hydrogen (secondary N) is 2. The minimum Gasteiger partial charge on any atom is -0.367 e. The maximum atomic E-state index is 12.9. The molecule has 0 spiro atoms. The minimum atomic E-state index is -0.509. The van der Waals surface area contributed by atoms with E-state index in [1.165, 1.54) is 17.5 Å². The lowest BCUT2D eigenvalue weighted by molar-refractivity contribution is 0.1000. The topological polar surface area (TPSA) is 90.7 Å². The highest BCUT2D eigenvalue weighted by Gasteiger charge is 2.28. The van der Waals surface area contributed by atoms with Crippen molar-refractivity contribution in [2.45, 2.75) is 44.2 Å². The average Bonchev–Trinajstić information content (AvgIpc) is 2.95. The second-order valence-corrected chi connectivity index (χ2v) is 10.3. The van der Waals surface area contributed by atoms with E-state index in [0.717, 1.165) is 57.5 Å². The smallest absolute Gasteiger partial charge is 0.319 e. The second-order valence-electron chi connectivity index (χ2n) is 10.3. The first-order valence-corrected chi connectivity index (χ1v) is 13.7. The number of primary amides is 1. The van der Waals surface area contributed by atoms with E-state index in [9.17, 15) is 9.59 Å². The average molecular weight is 512 g/mol. The van der Waals surface area contributed by atoms with Crippen LogP contribution < -0.4 is 21.3 Å². The summed E-state index contributed by atoms with van der Waals surface area (Å²) in [6, 6.07) is 26.7. The molecule has 3 aromatic carbocycles. The molecule has 1 aliphatic heterocycles. The third kappa shape index (κ3) is 6.17. The predicted molar refractivity (Wildman–Crippen MR) is 153 cm³/mol. The largest absolute Gasteiger partial charge is 0.367 e. The quantitative estimate of drug-likeness (QED) is 0.409. The lowest BCUT2D eigenvalue weighted by atomic mass is 9.96. The van der Waals surface area contributed by atoms with Gasteiger partial charge in [-0.05, 0) is 42.2 Å². The van der Waals surface area contributed by atoms with Gasteiger partial charge in [-0.1, -0.05) is 79.9 Å². The maximum Gasteiger partial charge on any atom is 0.319 e. The summed E-state index contributed by atoms with van der Waals surface area (Å²) in [6.45, 7) is 3.31. The summed E-state index contributed by atoms with van der Waals surface area (Å²) in [5.41, 5.74) is 10.0. The number of amides is 3. The van der Waals surface area contributed by atoms with E-state index in [2.05, 4.69) is 81.1 Å². The Bertz CT molecular complexity index is 1180. The van der Waals surface area contributed by atoms with E-state index in [1.54, 1.807) is 12.1 Å². The molecule has 5 rings (SSSR count). The van der Waals surface area contributed by atoms with E-state index in [4.69, 9.17) is 5.73 Å². The Hall–Kier alpha value is -3.84. The van der Waals surface area contributed by atoms with E-state index >= 15 is 0 Å². The van der Waals surface area contributed by atoms with Gasteiger partial charge in [0.2, 0.25) is 5.91 Å². The molecule has 0 unspecified atom stereocenters. The van der Waals surface area contributed by atoms with Crippen LogP contribution in [0.4, 0.5) is 16.2 Å². The number of urea groups is 1. The maximum absolute atomic E-state index is 12.9. The number of anilines is 2. The first-order chi connectivity index (χ1) is 18.6. The van der Waals surface area contributed by atoms with E-state index in [0.29, 0.717) is 11.3 Å². The van der Waals surface area contributed by atoms with Crippen molar-refractivity contribution in [3.05, 3.63) is 95.6 Å². The fourth-order valence-electron chi connectivity index (χ4n) is 5.76. The molecule has 4 N–H and O–H groups in total. The first-order valence-electron chi connectivity index (χ1n) is 13.7. The molecule has 1 saturated carbocycles. The standard InChI is InChI=1S/C31H37N5O2/c32-30(37)25-16-17-28(27(22-25)34-31(38)33-26-14-8-3-9-15-26)35-18-20-36(21-19-35)29(23-10-4-1-5-11-23)24-12-6-2-7-13-24/h1-2,4-7,10-13,16-17,22,26,29H,3,8-9,14-15,18-21H2,(H2,32,37)(H2,33,34,38). The Morgan fingerprint density at radius 3 is 1.97 bits per heavy atom. The monoisotopic (exact) mass is 511 g/mol. The van der Waals surface area contributed by atoms with Crippen molar-refractivity contribution in [3.8, 4) is 0 Å². The third-order valence-electron chi connectivity index (χ3n) is 7.72. The summed E-state index contributed by atoms with van der Waals surface area (Å²) < 4.78 is 0. The highest BCUT2D eigenvalue weighted by molar-refractivity contribution is 5.99. The molecule has 0 bridgehead atoms. The SMILES string of the molecule is NC(=O)c1ccc(N2CCN(C(c3ccccc3)c3ccccc3)CC2)c(NC(=O)NC2CCCCC2)c1. The second kappa shape index (κ2) is 12.1. The van der Waals surface area contributed by atoms with Gasteiger partial charge < -0.3 is 21.3 Å². The Morgan fingerprint density at radius 2 is 1.39 bits per heavy atom. The van der Waals surface area contributed by atoms with Gasteiger partial charge >= 0.3 is 6.03 Å². The van der Waals surface area contributed by atoms with Crippen molar-refractivity contribution in [1.29, 1.82) is 0 Å².